The van der Waals surface area contributed by atoms with Crippen molar-refractivity contribution in [1.82, 2.24) is 4.31 Å². The van der Waals surface area contributed by atoms with Crippen molar-refractivity contribution in [1.29, 1.82) is 0 Å². The number of allylic oxidation sites excluding steroid dienone is 2. The van der Waals surface area contributed by atoms with E-state index in [4.69, 9.17) is 0 Å². The van der Waals surface area contributed by atoms with E-state index in [1.54, 1.807) is 4.31 Å². The lowest BCUT2D eigenvalue weighted by Gasteiger charge is -2.37. The van der Waals surface area contributed by atoms with Gasteiger partial charge in [-0.1, -0.05) is 12.2 Å². The molecule has 0 bridgehead atoms. The van der Waals surface area contributed by atoms with Crippen LogP contribution in [0.25, 0.3) is 0 Å². The molecule has 60 valence electrons. The first kappa shape index (κ1) is 7.17. The lowest BCUT2D eigenvalue weighted by atomic mass is 10.3. The fourth-order valence-corrected chi connectivity index (χ4v) is 2.00. The van der Waals surface area contributed by atoms with Gasteiger partial charge in [-0.15, -0.1) is 0 Å². The Hall–Kier alpha value is -0.490. The molecule has 0 aliphatic carbocycles. The Balaban J connectivity index is 2.21. The maximum absolute atomic E-state index is 10.9. The Morgan fingerprint density at radius 2 is 2.36 bits per heavy atom. The van der Waals surface area contributed by atoms with E-state index in [-0.39, 0.29) is 6.54 Å². The SMILES string of the molecule is [O-][N+]1([O-])CC2=CC=CCN2S1. The molecule has 0 amide bonds. The Bertz CT molecular complexity index is 237. The standard InChI is InChI=1S/C6H7N2O2S/c9-8(10)5-6-3-1-2-4-7(6)11-8/h1-3H,4-5H2/q-1. The number of quaternary nitrogens is 1. The van der Waals surface area contributed by atoms with Gasteiger partial charge in [-0.3, -0.25) is 4.31 Å². The molecule has 0 aromatic carbocycles. The van der Waals surface area contributed by atoms with Crippen LogP contribution >= 0.6 is 12.1 Å². The number of nitrogens with zero attached hydrogens (tertiary/aromatic N) is 2. The van der Waals surface area contributed by atoms with Gasteiger partial charge in [0, 0.05) is 0 Å². The van der Waals surface area contributed by atoms with Crippen LogP contribution in [0.2, 0.25) is 0 Å². The molecule has 1 fully saturated rings. The normalized spacial score (nSPS) is 26.7. The molecule has 0 unspecified atom stereocenters. The van der Waals surface area contributed by atoms with Gasteiger partial charge in [0.05, 0.1) is 12.2 Å². The predicted molar refractivity (Wildman–Crippen MR) is 43.4 cm³/mol. The fourth-order valence-electron chi connectivity index (χ4n) is 1.13. The zero-order valence-corrected chi connectivity index (χ0v) is 6.58. The second-order valence-corrected chi connectivity index (χ2v) is 3.66. The second-order valence-electron chi connectivity index (χ2n) is 2.50. The average Bonchev–Trinajstić information content (AvgIpc) is 2.21. The first-order valence-corrected chi connectivity index (χ1v) is 4.03. The third kappa shape index (κ3) is 1.28. The molecule has 1 saturated heterocycles. The van der Waals surface area contributed by atoms with Crippen molar-refractivity contribution in [2.24, 2.45) is 0 Å². The molecular weight excluding hydrogens is 164 g/mol. The molecule has 0 N–H and O–H groups in total. The zero-order valence-electron chi connectivity index (χ0n) is 5.77. The summed E-state index contributed by atoms with van der Waals surface area (Å²) in [6.07, 6.45) is 5.60. The molecule has 2 aliphatic rings. The number of hydrogen-bond donors (Lipinski definition) is 0. The summed E-state index contributed by atoms with van der Waals surface area (Å²) in [6, 6.07) is 0. The molecule has 0 spiro atoms. The predicted octanol–water partition coefficient (Wildman–Crippen LogP) is 1.13. The van der Waals surface area contributed by atoms with Gasteiger partial charge in [0.25, 0.3) is 0 Å². The molecular formula is C6H7N2O2S-. The van der Waals surface area contributed by atoms with Crippen molar-refractivity contribution in [2.45, 2.75) is 0 Å². The highest BCUT2D eigenvalue weighted by Gasteiger charge is 2.30. The van der Waals surface area contributed by atoms with Crippen LogP contribution in [0, 0.1) is 10.4 Å². The summed E-state index contributed by atoms with van der Waals surface area (Å²) in [5.41, 5.74) is 0.836. The van der Waals surface area contributed by atoms with Crippen molar-refractivity contribution in [3.63, 3.8) is 0 Å². The lowest BCUT2D eigenvalue weighted by Crippen LogP contribution is -2.22. The molecule has 0 aromatic rings. The van der Waals surface area contributed by atoms with Crippen molar-refractivity contribution >= 4 is 12.1 Å². The minimum atomic E-state index is -1.48. The molecule has 5 heteroatoms. The summed E-state index contributed by atoms with van der Waals surface area (Å²) >= 11 is 0.792. The van der Waals surface area contributed by atoms with E-state index in [1.807, 2.05) is 18.2 Å². The van der Waals surface area contributed by atoms with Crippen LogP contribution in [-0.2, 0) is 0 Å². The van der Waals surface area contributed by atoms with E-state index in [0.717, 1.165) is 17.8 Å². The molecule has 4 nitrogen and oxygen atoms in total. The molecule has 2 rings (SSSR count). The van der Waals surface area contributed by atoms with Gasteiger partial charge in [-0.2, -0.15) is 0 Å². The van der Waals surface area contributed by atoms with E-state index in [1.165, 1.54) is 0 Å². The van der Waals surface area contributed by atoms with Gasteiger partial charge >= 0.3 is 0 Å². The van der Waals surface area contributed by atoms with Crippen LogP contribution in [0.5, 0.6) is 0 Å². The van der Waals surface area contributed by atoms with Crippen molar-refractivity contribution in [2.75, 3.05) is 13.1 Å². The third-order valence-electron chi connectivity index (χ3n) is 1.59. The highest BCUT2D eigenvalue weighted by atomic mass is 32.2. The Morgan fingerprint density at radius 3 is 3.09 bits per heavy atom. The van der Waals surface area contributed by atoms with Crippen LogP contribution in [0.15, 0.2) is 23.9 Å². The second kappa shape index (κ2) is 2.25. The molecule has 0 aromatic heterocycles. The van der Waals surface area contributed by atoms with Gasteiger partial charge in [0.1, 0.15) is 6.54 Å². The highest BCUT2D eigenvalue weighted by Crippen LogP contribution is 2.37. The first-order valence-electron chi connectivity index (χ1n) is 3.30. The summed E-state index contributed by atoms with van der Waals surface area (Å²) < 4.78 is 0.257. The Labute approximate surface area is 68.8 Å². The smallest absolute Gasteiger partial charge is 0.202 e. The van der Waals surface area contributed by atoms with Crippen molar-refractivity contribution in [3.05, 3.63) is 34.3 Å². The maximum Gasteiger partial charge on any atom is 0.202 e. The molecule has 0 atom stereocenters. The van der Waals surface area contributed by atoms with Crippen LogP contribution in [-0.4, -0.2) is 21.6 Å². The maximum atomic E-state index is 10.9. The molecule has 2 heterocycles. The summed E-state index contributed by atoms with van der Waals surface area (Å²) in [4.78, 5) is 0. The third-order valence-corrected chi connectivity index (χ3v) is 2.55. The summed E-state index contributed by atoms with van der Waals surface area (Å²) in [6.45, 7) is 0.704. The van der Waals surface area contributed by atoms with Crippen molar-refractivity contribution in [3.8, 4) is 0 Å². The van der Waals surface area contributed by atoms with Gasteiger partial charge in [-0.25, -0.2) is 0 Å². The van der Waals surface area contributed by atoms with Gasteiger partial charge in [0.15, 0.2) is 0 Å². The number of hydroxylamine groups is 2. The minimum absolute atomic E-state index is 0.0367. The van der Waals surface area contributed by atoms with E-state index in [9.17, 15) is 10.4 Å². The van der Waals surface area contributed by atoms with Crippen LogP contribution in [0.1, 0.15) is 0 Å². The quantitative estimate of drug-likeness (QED) is 0.311. The number of hydrogen-bond acceptors (Lipinski definition) is 4. The average molecular weight is 171 g/mol. The summed E-state index contributed by atoms with van der Waals surface area (Å²) in [5.74, 6) is 0. The van der Waals surface area contributed by atoms with E-state index in [0.29, 0.717) is 6.54 Å². The van der Waals surface area contributed by atoms with Gasteiger partial charge in [0.2, 0.25) is 12.1 Å². The van der Waals surface area contributed by atoms with Gasteiger partial charge in [-0.05, 0) is 6.08 Å². The zero-order chi connectivity index (χ0) is 7.90. The molecule has 0 saturated carbocycles. The molecule has 0 radical (unpaired) electrons. The largest absolute Gasteiger partial charge is 0.617 e. The topological polar surface area (TPSA) is 49.4 Å². The first-order chi connectivity index (χ1) is 5.17. The van der Waals surface area contributed by atoms with E-state index in [2.05, 4.69) is 0 Å². The van der Waals surface area contributed by atoms with Crippen LogP contribution in [0.4, 0.5) is 0 Å². The lowest BCUT2D eigenvalue weighted by molar-refractivity contribution is -0.671. The molecule has 2 aliphatic heterocycles. The van der Waals surface area contributed by atoms with Crippen molar-refractivity contribution < 1.29 is 4.21 Å². The summed E-state index contributed by atoms with van der Waals surface area (Å²) in [5, 5.41) is 21.8. The van der Waals surface area contributed by atoms with Crippen LogP contribution < -0.4 is 0 Å². The van der Waals surface area contributed by atoms with E-state index >= 15 is 0 Å². The minimum Gasteiger partial charge on any atom is -0.617 e. The highest BCUT2D eigenvalue weighted by molar-refractivity contribution is 7.91. The number of fused-ring (bicyclic) bond motifs is 1. The number of rotatable bonds is 0. The van der Waals surface area contributed by atoms with Gasteiger partial charge < -0.3 is 14.6 Å². The Kier molecular flexibility index (Phi) is 1.47. The van der Waals surface area contributed by atoms with E-state index < -0.39 is 4.21 Å². The summed E-state index contributed by atoms with van der Waals surface area (Å²) in [7, 11) is 0. The fraction of sp³-hybridized carbons (Fsp3) is 0.333. The monoisotopic (exact) mass is 171 g/mol. The molecule has 11 heavy (non-hydrogen) atoms. The van der Waals surface area contributed by atoms with Crippen LogP contribution in [0.3, 0.4) is 0 Å². The Morgan fingerprint density at radius 1 is 1.55 bits per heavy atom.